The highest BCUT2D eigenvalue weighted by molar-refractivity contribution is 7.97. The smallest absolute Gasteiger partial charge is 0.310 e. The second kappa shape index (κ2) is 9.49. The van der Waals surface area contributed by atoms with Crippen LogP contribution in [0.15, 0.2) is 6.07 Å². The highest BCUT2D eigenvalue weighted by atomic mass is 32.2. The Morgan fingerprint density at radius 1 is 1.13 bits per heavy atom. The molecule has 1 saturated heterocycles. The maximum absolute atomic E-state index is 12.6. The number of anilines is 1. The van der Waals surface area contributed by atoms with Crippen molar-refractivity contribution in [2.75, 3.05) is 30.7 Å². The molecule has 2 aliphatic carbocycles. The molecule has 1 aromatic rings. The molecule has 0 bridgehead atoms. The first-order valence-electron chi connectivity index (χ1n) is 11.8. The highest BCUT2D eigenvalue weighted by Gasteiger charge is 2.27. The van der Waals surface area contributed by atoms with E-state index < -0.39 is 0 Å². The molecule has 30 heavy (non-hydrogen) atoms. The van der Waals surface area contributed by atoms with Gasteiger partial charge in [-0.15, -0.1) is 0 Å². The zero-order valence-electron chi connectivity index (χ0n) is 18.9. The number of carbonyl (C=O) groups is 1. The van der Waals surface area contributed by atoms with Gasteiger partial charge in [0.05, 0.1) is 0 Å². The Morgan fingerprint density at radius 2 is 1.83 bits per heavy atom. The van der Waals surface area contributed by atoms with Gasteiger partial charge in [-0.25, -0.2) is 4.79 Å². The number of likely N-dealkylation sites (tertiary alicyclic amines) is 1. The number of urea groups is 1. The molecule has 0 saturated carbocycles. The van der Waals surface area contributed by atoms with E-state index in [2.05, 4.69) is 47.1 Å². The molecule has 1 unspecified atom stereocenters. The van der Waals surface area contributed by atoms with E-state index in [9.17, 15) is 4.79 Å². The van der Waals surface area contributed by atoms with Crippen LogP contribution in [0, 0.1) is 0 Å². The second-order valence-corrected chi connectivity index (χ2v) is 10.8. The number of amides is 2. The van der Waals surface area contributed by atoms with Crippen LogP contribution in [0.4, 0.5) is 10.5 Å². The lowest BCUT2D eigenvalue weighted by atomic mass is 9.99. The minimum Gasteiger partial charge on any atom is -0.310 e. The van der Waals surface area contributed by atoms with Gasteiger partial charge in [-0.3, -0.25) is 9.62 Å². The second-order valence-electron chi connectivity index (χ2n) is 9.91. The third kappa shape index (κ3) is 5.14. The van der Waals surface area contributed by atoms with Crippen LogP contribution in [0.1, 0.15) is 68.7 Å². The molecule has 0 radical (unpaired) electrons. The largest absolute Gasteiger partial charge is 0.329 e. The summed E-state index contributed by atoms with van der Waals surface area (Å²) in [5.74, 6) is 0.859. The van der Waals surface area contributed by atoms with Crippen LogP contribution in [-0.2, 0) is 25.7 Å². The van der Waals surface area contributed by atoms with Crippen LogP contribution in [0.25, 0.3) is 0 Å². The molecule has 6 heteroatoms. The van der Waals surface area contributed by atoms with Crippen molar-refractivity contribution >= 4 is 23.7 Å². The van der Waals surface area contributed by atoms with E-state index in [1.807, 2.05) is 0 Å². The average Bonchev–Trinajstić information content (AvgIpc) is 3.43. The Morgan fingerprint density at radius 3 is 2.47 bits per heavy atom. The van der Waals surface area contributed by atoms with Crippen molar-refractivity contribution in [2.24, 2.45) is 0 Å². The zero-order chi connectivity index (χ0) is 21.1. The molecule has 1 aliphatic heterocycles. The van der Waals surface area contributed by atoms with E-state index in [0.29, 0.717) is 6.04 Å². The lowest BCUT2D eigenvalue weighted by Gasteiger charge is -2.33. The molecule has 3 N–H and O–H groups in total. The molecule has 0 spiro atoms. The Bertz CT molecular complexity index is 747. The predicted molar refractivity (Wildman–Crippen MR) is 127 cm³/mol. The van der Waals surface area contributed by atoms with Gasteiger partial charge in [0.2, 0.25) is 0 Å². The van der Waals surface area contributed by atoms with Gasteiger partial charge in [-0.1, -0.05) is 6.07 Å². The molecule has 1 heterocycles. The van der Waals surface area contributed by atoms with Gasteiger partial charge in [0.15, 0.2) is 0 Å². The van der Waals surface area contributed by atoms with Gasteiger partial charge < -0.3 is 10.6 Å². The van der Waals surface area contributed by atoms with Crippen LogP contribution in [0.3, 0.4) is 0 Å². The first-order chi connectivity index (χ1) is 14.4. The van der Waals surface area contributed by atoms with Gasteiger partial charge in [0, 0.05) is 36.1 Å². The topological polar surface area (TPSA) is 56.4 Å². The standard InChI is InChI=1S/C24H38N4OS/c1-17-7-6-13-28(17)16-24(2,3)25-12-14-30-27-23(29)26-22-20-10-4-8-18(20)15-19-9-5-11-21(19)22/h15,17,25H,4-14,16H2,1-3H3,(H2,26,27,29). The Balaban J connectivity index is 1.21. The van der Waals surface area contributed by atoms with E-state index in [1.165, 1.54) is 66.4 Å². The van der Waals surface area contributed by atoms with Gasteiger partial charge in [0.1, 0.15) is 0 Å². The summed E-state index contributed by atoms with van der Waals surface area (Å²) in [6.07, 6.45) is 9.57. The number of rotatable bonds is 8. The number of hydrogen-bond donors (Lipinski definition) is 3. The third-order valence-corrected chi connectivity index (χ3v) is 7.71. The summed E-state index contributed by atoms with van der Waals surface area (Å²) in [6, 6.07) is 3.02. The summed E-state index contributed by atoms with van der Waals surface area (Å²) < 4.78 is 3.00. The molecule has 0 aromatic heterocycles. The Kier molecular flexibility index (Phi) is 6.95. The molecule has 1 aromatic carbocycles. The lowest BCUT2D eigenvalue weighted by molar-refractivity contribution is 0.197. The lowest BCUT2D eigenvalue weighted by Crippen LogP contribution is -2.50. The molecular formula is C24H38N4OS. The summed E-state index contributed by atoms with van der Waals surface area (Å²) in [5.41, 5.74) is 6.89. The van der Waals surface area contributed by atoms with Gasteiger partial charge in [-0.2, -0.15) is 0 Å². The van der Waals surface area contributed by atoms with Crippen molar-refractivity contribution in [1.82, 2.24) is 14.9 Å². The molecule has 4 rings (SSSR count). The predicted octanol–water partition coefficient (Wildman–Crippen LogP) is 4.29. The van der Waals surface area contributed by atoms with Crippen LogP contribution in [0.5, 0.6) is 0 Å². The van der Waals surface area contributed by atoms with Gasteiger partial charge in [-0.05, 0) is 113 Å². The van der Waals surface area contributed by atoms with E-state index in [4.69, 9.17) is 0 Å². The van der Waals surface area contributed by atoms with E-state index >= 15 is 0 Å². The Hall–Kier alpha value is -1.24. The summed E-state index contributed by atoms with van der Waals surface area (Å²) in [5, 5.41) is 6.87. The molecular weight excluding hydrogens is 392 g/mol. The molecule has 3 aliphatic rings. The van der Waals surface area contributed by atoms with Crippen molar-refractivity contribution in [3.05, 3.63) is 28.3 Å². The first-order valence-corrected chi connectivity index (χ1v) is 12.8. The minimum absolute atomic E-state index is 0.0837. The third-order valence-electron chi connectivity index (χ3n) is 6.97. The van der Waals surface area contributed by atoms with Crippen molar-refractivity contribution in [1.29, 1.82) is 0 Å². The van der Waals surface area contributed by atoms with Crippen LogP contribution in [0.2, 0.25) is 0 Å². The van der Waals surface area contributed by atoms with E-state index in [-0.39, 0.29) is 11.6 Å². The quantitative estimate of drug-likeness (QED) is 0.425. The average molecular weight is 431 g/mol. The number of nitrogens with zero attached hydrogens (tertiary/aromatic N) is 1. The number of carbonyl (C=O) groups excluding carboxylic acids is 1. The van der Waals surface area contributed by atoms with Crippen molar-refractivity contribution in [3.63, 3.8) is 0 Å². The fraction of sp³-hybridized carbons (Fsp3) is 0.708. The molecule has 2 amide bonds. The van der Waals surface area contributed by atoms with Crippen LogP contribution >= 0.6 is 11.9 Å². The minimum atomic E-state index is -0.0837. The SMILES string of the molecule is CC1CCCN1CC(C)(C)NCCSNC(=O)Nc1c2c(cc3c1CCC3)CCC2. The van der Waals surface area contributed by atoms with E-state index in [0.717, 1.165) is 50.2 Å². The maximum Gasteiger partial charge on any atom is 0.329 e. The van der Waals surface area contributed by atoms with E-state index in [1.54, 1.807) is 0 Å². The number of nitrogens with one attached hydrogen (secondary N) is 3. The highest BCUT2D eigenvalue weighted by Crippen LogP contribution is 2.38. The summed E-state index contributed by atoms with van der Waals surface area (Å²) in [7, 11) is 0. The summed E-state index contributed by atoms with van der Waals surface area (Å²) in [4.78, 5) is 15.2. The number of hydrogen-bond acceptors (Lipinski definition) is 4. The molecule has 166 valence electrons. The monoisotopic (exact) mass is 430 g/mol. The van der Waals surface area contributed by atoms with Crippen LogP contribution in [-0.4, -0.2) is 47.9 Å². The fourth-order valence-corrected chi connectivity index (χ4v) is 5.94. The normalized spacial score (nSPS) is 21.0. The summed E-state index contributed by atoms with van der Waals surface area (Å²) in [6.45, 7) is 10.1. The zero-order valence-corrected chi connectivity index (χ0v) is 19.7. The first kappa shape index (κ1) is 22.0. The number of benzene rings is 1. The maximum atomic E-state index is 12.6. The molecule has 5 nitrogen and oxygen atoms in total. The number of fused-ring (bicyclic) bond motifs is 2. The van der Waals surface area contributed by atoms with Crippen molar-refractivity contribution in [3.8, 4) is 0 Å². The van der Waals surface area contributed by atoms with Crippen molar-refractivity contribution in [2.45, 2.75) is 83.7 Å². The Labute approximate surface area is 186 Å². The molecule has 1 fully saturated rings. The summed E-state index contributed by atoms with van der Waals surface area (Å²) >= 11 is 1.49. The number of aryl methyl sites for hydroxylation is 2. The van der Waals surface area contributed by atoms with Gasteiger partial charge >= 0.3 is 6.03 Å². The fourth-order valence-electron chi connectivity index (χ4n) is 5.45. The van der Waals surface area contributed by atoms with Gasteiger partial charge in [0.25, 0.3) is 0 Å². The van der Waals surface area contributed by atoms with Crippen molar-refractivity contribution < 1.29 is 4.79 Å². The van der Waals surface area contributed by atoms with Crippen LogP contribution < -0.4 is 15.4 Å². The molecule has 1 atom stereocenters.